The van der Waals surface area contributed by atoms with Crippen molar-refractivity contribution in [3.63, 3.8) is 0 Å². The molecule has 0 bridgehead atoms. The van der Waals surface area contributed by atoms with E-state index in [4.69, 9.17) is 4.74 Å². The van der Waals surface area contributed by atoms with Crippen LogP contribution in [0, 0.1) is 5.92 Å². The Labute approximate surface area is 116 Å². The van der Waals surface area contributed by atoms with Gasteiger partial charge < -0.3 is 10.1 Å². The van der Waals surface area contributed by atoms with E-state index >= 15 is 0 Å². The maximum atomic E-state index is 5.55. The highest BCUT2D eigenvalue weighted by molar-refractivity contribution is 5.46. The summed E-state index contributed by atoms with van der Waals surface area (Å²) in [6.45, 7) is 2.39. The van der Waals surface area contributed by atoms with E-state index in [0.29, 0.717) is 0 Å². The molecule has 2 heteroatoms. The number of hydrogen-bond donors (Lipinski definition) is 1. The van der Waals surface area contributed by atoms with Gasteiger partial charge in [-0.25, -0.2) is 0 Å². The first-order valence-electron chi connectivity index (χ1n) is 7.77. The van der Waals surface area contributed by atoms with Gasteiger partial charge in [-0.1, -0.05) is 6.07 Å². The number of nitrogens with one attached hydrogen (secondary N) is 1. The molecule has 0 aromatic heterocycles. The normalized spacial score (nSPS) is 20.1. The van der Waals surface area contributed by atoms with Gasteiger partial charge in [-0.2, -0.15) is 0 Å². The van der Waals surface area contributed by atoms with E-state index in [1.165, 1.54) is 63.6 Å². The molecule has 1 aromatic carbocycles. The second-order valence-corrected chi connectivity index (χ2v) is 5.99. The highest BCUT2D eigenvalue weighted by Crippen LogP contribution is 2.34. The summed E-state index contributed by atoms with van der Waals surface area (Å²) in [7, 11) is 1.80. The van der Waals surface area contributed by atoms with E-state index in [1.807, 2.05) is 0 Å². The number of fused-ring (bicyclic) bond motifs is 1. The molecule has 19 heavy (non-hydrogen) atoms. The van der Waals surface area contributed by atoms with Gasteiger partial charge in [0.2, 0.25) is 0 Å². The zero-order valence-corrected chi connectivity index (χ0v) is 12.0. The minimum atomic E-state index is 0.876. The van der Waals surface area contributed by atoms with Gasteiger partial charge in [-0.3, -0.25) is 0 Å². The highest BCUT2D eigenvalue weighted by atomic mass is 16.5. The second kappa shape index (κ2) is 5.96. The van der Waals surface area contributed by atoms with Gasteiger partial charge in [0.15, 0.2) is 0 Å². The lowest BCUT2D eigenvalue weighted by atomic mass is 9.82. The zero-order valence-electron chi connectivity index (χ0n) is 12.0. The molecule has 3 rings (SSSR count). The Balaban J connectivity index is 1.84. The van der Waals surface area contributed by atoms with Crippen LogP contribution in [0.15, 0.2) is 12.1 Å². The summed E-state index contributed by atoms with van der Waals surface area (Å²) in [5.41, 5.74) is 4.71. The Bertz CT molecular complexity index is 435. The molecule has 2 nitrogen and oxygen atoms in total. The van der Waals surface area contributed by atoms with Crippen LogP contribution in [0.4, 0.5) is 0 Å². The predicted molar refractivity (Wildman–Crippen MR) is 78.9 cm³/mol. The third kappa shape index (κ3) is 2.79. The number of hydrogen-bond acceptors (Lipinski definition) is 2. The quantitative estimate of drug-likeness (QED) is 0.900. The molecule has 1 aliphatic carbocycles. The Morgan fingerprint density at radius 1 is 1.11 bits per heavy atom. The molecule has 0 saturated carbocycles. The van der Waals surface area contributed by atoms with Crippen LogP contribution in [0.1, 0.15) is 42.4 Å². The fraction of sp³-hybridized carbons (Fsp3) is 0.647. The van der Waals surface area contributed by atoms with Gasteiger partial charge in [0.1, 0.15) is 5.75 Å². The Kier molecular flexibility index (Phi) is 4.07. The van der Waals surface area contributed by atoms with Gasteiger partial charge in [-0.15, -0.1) is 0 Å². The van der Waals surface area contributed by atoms with Crippen molar-refractivity contribution >= 4 is 0 Å². The van der Waals surface area contributed by atoms with Crippen molar-refractivity contribution in [2.45, 2.75) is 44.9 Å². The third-order valence-corrected chi connectivity index (χ3v) is 4.78. The number of methoxy groups -OCH3 is 1. The first-order valence-corrected chi connectivity index (χ1v) is 7.77. The lowest BCUT2D eigenvalue weighted by Crippen LogP contribution is -2.29. The predicted octanol–water partition coefficient (Wildman–Crippen LogP) is 3.12. The molecular weight excluding hydrogens is 234 g/mol. The first kappa shape index (κ1) is 13.0. The molecule has 0 amide bonds. The van der Waals surface area contributed by atoms with Gasteiger partial charge in [0, 0.05) is 0 Å². The van der Waals surface area contributed by atoms with Crippen LogP contribution >= 0.6 is 0 Å². The summed E-state index contributed by atoms with van der Waals surface area (Å²) in [6, 6.07) is 4.52. The van der Waals surface area contributed by atoms with Gasteiger partial charge in [-0.05, 0) is 86.7 Å². The first-order chi connectivity index (χ1) is 9.38. The van der Waals surface area contributed by atoms with Crippen LogP contribution in [-0.2, 0) is 19.3 Å². The largest absolute Gasteiger partial charge is 0.496 e. The third-order valence-electron chi connectivity index (χ3n) is 4.78. The Hall–Kier alpha value is -1.02. The van der Waals surface area contributed by atoms with Gasteiger partial charge >= 0.3 is 0 Å². The summed E-state index contributed by atoms with van der Waals surface area (Å²) >= 11 is 0. The molecule has 1 heterocycles. The van der Waals surface area contributed by atoms with Crippen LogP contribution in [0.3, 0.4) is 0 Å². The molecule has 1 aromatic rings. The molecule has 0 spiro atoms. The molecular formula is C17H25NO. The minimum absolute atomic E-state index is 0.876. The van der Waals surface area contributed by atoms with Crippen molar-refractivity contribution in [3.8, 4) is 5.75 Å². The molecule has 2 aliphatic rings. The Morgan fingerprint density at radius 3 is 2.58 bits per heavy atom. The van der Waals surface area contributed by atoms with E-state index in [-0.39, 0.29) is 0 Å². The smallest absolute Gasteiger partial charge is 0.122 e. The van der Waals surface area contributed by atoms with Crippen molar-refractivity contribution in [1.82, 2.24) is 5.32 Å². The Morgan fingerprint density at radius 2 is 1.84 bits per heavy atom. The maximum absolute atomic E-state index is 5.55. The van der Waals surface area contributed by atoms with Crippen LogP contribution in [0.25, 0.3) is 0 Å². The summed E-state index contributed by atoms with van der Waals surface area (Å²) in [4.78, 5) is 0. The SMILES string of the molecule is COc1ccc(CC2CCNCC2)c2c1CCCC2. The highest BCUT2D eigenvalue weighted by Gasteiger charge is 2.20. The fourth-order valence-electron chi connectivity index (χ4n) is 3.69. The molecule has 0 unspecified atom stereocenters. The van der Waals surface area contributed by atoms with Crippen molar-refractivity contribution < 1.29 is 4.74 Å². The molecule has 1 aliphatic heterocycles. The van der Waals surface area contributed by atoms with Crippen molar-refractivity contribution in [1.29, 1.82) is 0 Å². The molecule has 0 radical (unpaired) electrons. The molecule has 1 N–H and O–H groups in total. The summed E-state index contributed by atoms with van der Waals surface area (Å²) in [5, 5.41) is 3.46. The van der Waals surface area contributed by atoms with E-state index in [2.05, 4.69) is 17.4 Å². The molecule has 1 fully saturated rings. The van der Waals surface area contributed by atoms with Gasteiger partial charge in [0.25, 0.3) is 0 Å². The van der Waals surface area contributed by atoms with Crippen molar-refractivity contribution in [3.05, 3.63) is 28.8 Å². The lowest BCUT2D eigenvalue weighted by Gasteiger charge is -2.26. The monoisotopic (exact) mass is 259 g/mol. The van der Waals surface area contributed by atoms with E-state index in [0.717, 1.165) is 11.7 Å². The van der Waals surface area contributed by atoms with E-state index in [9.17, 15) is 0 Å². The second-order valence-electron chi connectivity index (χ2n) is 5.99. The molecule has 0 atom stereocenters. The standard InChI is InChI=1S/C17H25NO/c1-19-17-7-6-14(12-13-8-10-18-11-9-13)15-4-2-3-5-16(15)17/h6-7,13,18H,2-5,8-12H2,1H3. The molecule has 104 valence electrons. The average Bonchev–Trinajstić information content (AvgIpc) is 2.49. The van der Waals surface area contributed by atoms with E-state index < -0.39 is 0 Å². The average molecular weight is 259 g/mol. The summed E-state index contributed by atoms with van der Waals surface area (Å²) in [5.74, 6) is 1.99. The van der Waals surface area contributed by atoms with Crippen LogP contribution in [0.2, 0.25) is 0 Å². The molecule has 1 saturated heterocycles. The zero-order chi connectivity index (χ0) is 13.1. The maximum Gasteiger partial charge on any atom is 0.122 e. The fourth-order valence-corrected chi connectivity index (χ4v) is 3.69. The summed E-state index contributed by atoms with van der Waals surface area (Å²) in [6.07, 6.45) is 9.07. The van der Waals surface area contributed by atoms with Crippen LogP contribution in [0.5, 0.6) is 5.75 Å². The number of ether oxygens (including phenoxy) is 1. The topological polar surface area (TPSA) is 21.3 Å². The number of rotatable bonds is 3. The minimum Gasteiger partial charge on any atom is -0.496 e. The van der Waals surface area contributed by atoms with Gasteiger partial charge in [0.05, 0.1) is 7.11 Å². The number of piperidine rings is 1. The van der Waals surface area contributed by atoms with Crippen LogP contribution in [-0.4, -0.2) is 20.2 Å². The van der Waals surface area contributed by atoms with Crippen LogP contribution < -0.4 is 10.1 Å². The van der Waals surface area contributed by atoms with E-state index in [1.54, 1.807) is 18.2 Å². The van der Waals surface area contributed by atoms with Crippen molar-refractivity contribution in [2.75, 3.05) is 20.2 Å². The van der Waals surface area contributed by atoms with Crippen molar-refractivity contribution in [2.24, 2.45) is 5.92 Å². The number of benzene rings is 1. The summed E-state index contributed by atoms with van der Waals surface area (Å²) < 4.78 is 5.55. The lowest BCUT2D eigenvalue weighted by molar-refractivity contribution is 0.370.